The van der Waals surface area contributed by atoms with Gasteiger partial charge in [0.15, 0.2) is 0 Å². The van der Waals surface area contributed by atoms with E-state index in [1.165, 1.54) is 32.1 Å². The largest absolute Gasteiger partial charge is 0.506 e. The standard InChI is InChI=1S/C14H21N3O/c1-11-8-16-6-2-3-13(16)10-17(11)9-12-4-5-14(18)7-15-12/h4-5,7,11,13,18H,2-3,6,8-10H2,1H3. The molecular weight excluding hydrogens is 226 g/mol. The quantitative estimate of drug-likeness (QED) is 0.859. The molecule has 3 rings (SSSR count). The van der Waals surface area contributed by atoms with Crippen molar-refractivity contribution in [1.82, 2.24) is 14.8 Å². The van der Waals surface area contributed by atoms with Crippen LogP contribution in [-0.2, 0) is 6.54 Å². The SMILES string of the molecule is CC1CN2CCCC2CN1Cc1ccc(O)cn1. The molecule has 2 fully saturated rings. The van der Waals surface area contributed by atoms with Crippen LogP contribution >= 0.6 is 0 Å². The van der Waals surface area contributed by atoms with Crippen LogP contribution in [0.3, 0.4) is 0 Å². The summed E-state index contributed by atoms with van der Waals surface area (Å²) in [6, 6.07) is 4.98. The van der Waals surface area contributed by atoms with Gasteiger partial charge in [-0.05, 0) is 38.4 Å². The van der Waals surface area contributed by atoms with Gasteiger partial charge in [-0.15, -0.1) is 0 Å². The molecule has 18 heavy (non-hydrogen) atoms. The molecular formula is C14H21N3O. The van der Waals surface area contributed by atoms with Crippen molar-refractivity contribution in [1.29, 1.82) is 0 Å². The third kappa shape index (κ3) is 2.35. The van der Waals surface area contributed by atoms with Crippen LogP contribution in [0.15, 0.2) is 18.3 Å². The number of nitrogens with zero attached hydrogens (tertiary/aromatic N) is 3. The maximum atomic E-state index is 9.25. The summed E-state index contributed by atoms with van der Waals surface area (Å²) in [7, 11) is 0. The van der Waals surface area contributed by atoms with E-state index in [4.69, 9.17) is 0 Å². The molecule has 0 aromatic carbocycles. The fraction of sp³-hybridized carbons (Fsp3) is 0.643. The molecule has 2 aliphatic heterocycles. The van der Waals surface area contributed by atoms with Gasteiger partial charge in [0.25, 0.3) is 0 Å². The first-order chi connectivity index (χ1) is 8.72. The van der Waals surface area contributed by atoms with Crippen LogP contribution in [0.4, 0.5) is 0 Å². The fourth-order valence-corrected chi connectivity index (χ4v) is 3.19. The number of aromatic hydroxyl groups is 1. The van der Waals surface area contributed by atoms with E-state index in [9.17, 15) is 5.11 Å². The van der Waals surface area contributed by atoms with E-state index < -0.39 is 0 Å². The van der Waals surface area contributed by atoms with Gasteiger partial charge in [0.05, 0.1) is 11.9 Å². The van der Waals surface area contributed by atoms with Crippen molar-refractivity contribution in [3.05, 3.63) is 24.0 Å². The number of fused-ring (bicyclic) bond motifs is 1. The van der Waals surface area contributed by atoms with E-state index in [-0.39, 0.29) is 5.75 Å². The van der Waals surface area contributed by atoms with E-state index in [1.54, 1.807) is 6.07 Å². The Labute approximate surface area is 108 Å². The molecule has 0 amide bonds. The van der Waals surface area contributed by atoms with Crippen LogP contribution in [0.2, 0.25) is 0 Å². The highest BCUT2D eigenvalue weighted by atomic mass is 16.3. The zero-order valence-corrected chi connectivity index (χ0v) is 10.9. The molecule has 1 aromatic rings. The Morgan fingerprint density at radius 2 is 2.28 bits per heavy atom. The average molecular weight is 247 g/mol. The minimum absolute atomic E-state index is 0.243. The van der Waals surface area contributed by atoms with Gasteiger partial charge in [0.2, 0.25) is 0 Å². The van der Waals surface area contributed by atoms with Crippen molar-refractivity contribution in [2.45, 2.75) is 38.4 Å². The molecule has 0 saturated carbocycles. The van der Waals surface area contributed by atoms with E-state index in [1.807, 2.05) is 6.07 Å². The van der Waals surface area contributed by atoms with Crippen molar-refractivity contribution in [2.24, 2.45) is 0 Å². The number of aromatic nitrogens is 1. The first-order valence-electron chi connectivity index (χ1n) is 6.84. The first kappa shape index (κ1) is 11.9. The molecule has 2 aliphatic rings. The Morgan fingerprint density at radius 3 is 3.06 bits per heavy atom. The molecule has 0 radical (unpaired) electrons. The van der Waals surface area contributed by atoms with E-state index in [2.05, 4.69) is 21.7 Å². The van der Waals surface area contributed by atoms with Crippen molar-refractivity contribution in [3.8, 4) is 5.75 Å². The minimum atomic E-state index is 0.243. The summed E-state index contributed by atoms with van der Waals surface area (Å²) in [5.41, 5.74) is 1.05. The maximum Gasteiger partial charge on any atom is 0.133 e. The predicted molar refractivity (Wildman–Crippen MR) is 70.4 cm³/mol. The number of piperazine rings is 1. The number of rotatable bonds is 2. The van der Waals surface area contributed by atoms with Crippen LogP contribution in [0.1, 0.15) is 25.5 Å². The molecule has 2 atom stereocenters. The second kappa shape index (κ2) is 4.86. The summed E-state index contributed by atoms with van der Waals surface area (Å²) < 4.78 is 0. The van der Waals surface area contributed by atoms with Crippen LogP contribution < -0.4 is 0 Å². The summed E-state index contributed by atoms with van der Waals surface area (Å²) in [6.07, 6.45) is 4.22. The van der Waals surface area contributed by atoms with Crippen LogP contribution in [0.5, 0.6) is 5.75 Å². The van der Waals surface area contributed by atoms with E-state index in [0.29, 0.717) is 6.04 Å². The summed E-state index contributed by atoms with van der Waals surface area (Å²) in [6.45, 7) is 6.81. The number of hydrogen-bond donors (Lipinski definition) is 1. The molecule has 98 valence electrons. The predicted octanol–water partition coefficient (Wildman–Crippen LogP) is 1.46. The Kier molecular flexibility index (Phi) is 3.22. The number of pyridine rings is 1. The molecule has 4 nitrogen and oxygen atoms in total. The van der Waals surface area contributed by atoms with Crippen molar-refractivity contribution in [3.63, 3.8) is 0 Å². The Balaban J connectivity index is 1.66. The third-order valence-electron chi connectivity index (χ3n) is 4.24. The Bertz CT molecular complexity index is 406. The summed E-state index contributed by atoms with van der Waals surface area (Å²) in [5.74, 6) is 0.243. The summed E-state index contributed by atoms with van der Waals surface area (Å²) in [4.78, 5) is 9.44. The molecule has 4 heteroatoms. The first-order valence-corrected chi connectivity index (χ1v) is 6.84. The van der Waals surface area contributed by atoms with Gasteiger partial charge in [0.1, 0.15) is 5.75 Å². The average Bonchev–Trinajstić information content (AvgIpc) is 2.79. The van der Waals surface area contributed by atoms with E-state index >= 15 is 0 Å². The normalized spacial score (nSPS) is 29.4. The summed E-state index contributed by atoms with van der Waals surface area (Å²) >= 11 is 0. The summed E-state index contributed by atoms with van der Waals surface area (Å²) in [5, 5.41) is 9.25. The monoisotopic (exact) mass is 247 g/mol. The lowest BCUT2D eigenvalue weighted by molar-refractivity contribution is 0.0531. The van der Waals surface area contributed by atoms with Crippen molar-refractivity contribution in [2.75, 3.05) is 19.6 Å². The maximum absolute atomic E-state index is 9.25. The van der Waals surface area contributed by atoms with E-state index in [0.717, 1.165) is 24.8 Å². The molecule has 0 bridgehead atoms. The third-order valence-corrected chi connectivity index (χ3v) is 4.24. The molecule has 2 saturated heterocycles. The van der Waals surface area contributed by atoms with Crippen molar-refractivity contribution < 1.29 is 5.11 Å². The van der Waals surface area contributed by atoms with Crippen LogP contribution in [0.25, 0.3) is 0 Å². The topological polar surface area (TPSA) is 39.6 Å². The second-order valence-corrected chi connectivity index (χ2v) is 5.58. The highest BCUT2D eigenvalue weighted by Gasteiger charge is 2.34. The lowest BCUT2D eigenvalue weighted by Crippen LogP contribution is -2.54. The Morgan fingerprint density at radius 1 is 1.39 bits per heavy atom. The molecule has 1 N–H and O–H groups in total. The minimum Gasteiger partial charge on any atom is -0.506 e. The molecule has 0 aliphatic carbocycles. The van der Waals surface area contributed by atoms with Gasteiger partial charge < -0.3 is 5.11 Å². The molecule has 1 aromatic heterocycles. The molecule has 0 spiro atoms. The smallest absolute Gasteiger partial charge is 0.133 e. The fourth-order valence-electron chi connectivity index (χ4n) is 3.19. The van der Waals surface area contributed by atoms with Gasteiger partial charge >= 0.3 is 0 Å². The van der Waals surface area contributed by atoms with Crippen LogP contribution in [-0.4, -0.2) is 51.6 Å². The van der Waals surface area contributed by atoms with Gasteiger partial charge in [-0.2, -0.15) is 0 Å². The highest BCUT2D eigenvalue weighted by molar-refractivity contribution is 5.18. The van der Waals surface area contributed by atoms with Gasteiger partial charge in [-0.25, -0.2) is 0 Å². The Hall–Kier alpha value is -1.13. The van der Waals surface area contributed by atoms with Gasteiger partial charge in [0, 0.05) is 31.7 Å². The lowest BCUT2D eigenvalue weighted by Gasteiger charge is -2.42. The molecule has 3 heterocycles. The second-order valence-electron chi connectivity index (χ2n) is 5.58. The van der Waals surface area contributed by atoms with Gasteiger partial charge in [-0.1, -0.05) is 0 Å². The van der Waals surface area contributed by atoms with Crippen molar-refractivity contribution >= 4 is 0 Å². The zero-order valence-electron chi connectivity index (χ0n) is 10.9. The number of hydrogen-bond acceptors (Lipinski definition) is 4. The zero-order chi connectivity index (χ0) is 12.5. The highest BCUT2D eigenvalue weighted by Crippen LogP contribution is 2.25. The van der Waals surface area contributed by atoms with Crippen LogP contribution in [0, 0.1) is 0 Å². The lowest BCUT2D eigenvalue weighted by atomic mass is 10.1. The molecule has 2 unspecified atom stereocenters. The van der Waals surface area contributed by atoms with Gasteiger partial charge in [-0.3, -0.25) is 14.8 Å².